The molecule has 0 saturated carbocycles. The number of aromatic nitrogens is 1. The van der Waals surface area contributed by atoms with Crippen LogP contribution in [0.2, 0.25) is 0 Å². The van der Waals surface area contributed by atoms with Gasteiger partial charge >= 0.3 is 5.69 Å². The number of anilines is 1. The van der Waals surface area contributed by atoms with Crippen LogP contribution in [-0.4, -0.2) is 41.3 Å². The van der Waals surface area contributed by atoms with Crippen molar-refractivity contribution in [2.45, 2.75) is 19.4 Å². The van der Waals surface area contributed by atoms with E-state index in [0.29, 0.717) is 0 Å². The Morgan fingerprint density at radius 3 is 2.61 bits per heavy atom. The maximum Gasteiger partial charge on any atom is 0.311 e. The van der Waals surface area contributed by atoms with Crippen LogP contribution in [0.15, 0.2) is 12.1 Å². The number of hydrogen-bond donors (Lipinski definition) is 1. The number of likely N-dealkylation sites (N-methyl/N-ethyl adjacent to an activating group) is 1. The minimum Gasteiger partial charge on any atom is -0.481 e. The Morgan fingerprint density at radius 2 is 2.17 bits per heavy atom. The van der Waals surface area contributed by atoms with Crippen LogP contribution in [0.4, 0.5) is 11.5 Å². The predicted octanol–water partition coefficient (Wildman–Crippen LogP) is 1.21. The quantitative estimate of drug-likeness (QED) is 0.628. The van der Waals surface area contributed by atoms with E-state index in [1.807, 2.05) is 0 Å². The molecule has 0 aliphatic heterocycles. The highest BCUT2D eigenvalue weighted by Gasteiger charge is 2.29. The van der Waals surface area contributed by atoms with Gasteiger partial charge in [-0.2, -0.15) is 4.98 Å². The minimum absolute atomic E-state index is 0.125. The van der Waals surface area contributed by atoms with Gasteiger partial charge in [0.1, 0.15) is 0 Å². The normalized spacial score (nSPS) is 11.2. The molecule has 0 aromatic carbocycles. The van der Waals surface area contributed by atoms with Crippen molar-refractivity contribution >= 4 is 11.5 Å². The van der Waals surface area contributed by atoms with Crippen LogP contribution in [0, 0.1) is 10.1 Å². The molecule has 0 aliphatic rings. The Kier molecular flexibility index (Phi) is 4.07. The average Bonchev–Trinajstić information content (AvgIpc) is 2.36. The number of methoxy groups -OCH3 is 1. The molecule has 7 nitrogen and oxygen atoms in total. The van der Waals surface area contributed by atoms with Crippen LogP contribution in [0.3, 0.4) is 0 Å². The number of nitrogens with zero attached hydrogens (tertiary/aromatic N) is 3. The third-order valence-corrected chi connectivity index (χ3v) is 2.85. The fourth-order valence-corrected chi connectivity index (χ4v) is 1.32. The van der Waals surface area contributed by atoms with E-state index in [-0.39, 0.29) is 24.0 Å². The molecular weight excluding hydrogens is 238 g/mol. The van der Waals surface area contributed by atoms with Gasteiger partial charge in [-0.1, -0.05) is 0 Å². The van der Waals surface area contributed by atoms with Gasteiger partial charge in [0.25, 0.3) is 0 Å². The van der Waals surface area contributed by atoms with E-state index in [9.17, 15) is 15.2 Å². The first-order valence-electron chi connectivity index (χ1n) is 5.37. The summed E-state index contributed by atoms with van der Waals surface area (Å²) in [5.74, 6) is 0.453. The lowest BCUT2D eigenvalue weighted by Crippen LogP contribution is -2.45. The van der Waals surface area contributed by atoms with E-state index < -0.39 is 10.5 Å². The molecule has 0 aliphatic carbocycles. The van der Waals surface area contributed by atoms with Crippen LogP contribution >= 0.6 is 0 Å². The molecule has 0 atom stereocenters. The number of aliphatic hydroxyl groups excluding tert-OH is 1. The summed E-state index contributed by atoms with van der Waals surface area (Å²) in [6.45, 7) is 3.37. The van der Waals surface area contributed by atoms with Crippen molar-refractivity contribution in [3.05, 3.63) is 22.2 Å². The zero-order valence-corrected chi connectivity index (χ0v) is 10.9. The van der Waals surface area contributed by atoms with E-state index in [1.165, 1.54) is 19.2 Å². The second-order valence-corrected chi connectivity index (χ2v) is 4.48. The largest absolute Gasteiger partial charge is 0.481 e. The van der Waals surface area contributed by atoms with Crippen LogP contribution in [0.5, 0.6) is 5.88 Å². The van der Waals surface area contributed by atoms with Crippen molar-refractivity contribution in [3.8, 4) is 5.88 Å². The fourth-order valence-electron chi connectivity index (χ4n) is 1.32. The highest BCUT2D eigenvalue weighted by molar-refractivity contribution is 5.59. The van der Waals surface area contributed by atoms with Gasteiger partial charge in [0.15, 0.2) is 0 Å². The smallest absolute Gasteiger partial charge is 0.311 e. The molecular formula is C11H17N3O4. The average molecular weight is 255 g/mol. The summed E-state index contributed by atoms with van der Waals surface area (Å²) >= 11 is 0. The summed E-state index contributed by atoms with van der Waals surface area (Å²) in [5.41, 5.74) is -0.788. The van der Waals surface area contributed by atoms with E-state index in [1.54, 1.807) is 25.8 Å². The Hall–Kier alpha value is -1.89. The third kappa shape index (κ3) is 2.67. The van der Waals surface area contributed by atoms with Gasteiger partial charge in [-0.05, 0) is 13.8 Å². The van der Waals surface area contributed by atoms with Gasteiger partial charge in [-0.25, -0.2) is 0 Å². The van der Waals surface area contributed by atoms with Crippen LogP contribution in [0.25, 0.3) is 0 Å². The lowest BCUT2D eigenvalue weighted by Gasteiger charge is -2.34. The zero-order valence-electron chi connectivity index (χ0n) is 10.9. The first kappa shape index (κ1) is 14.2. The van der Waals surface area contributed by atoms with E-state index >= 15 is 0 Å². The SMILES string of the molecule is COc1ccc([N+](=O)[O-])c(N(C)C(C)(C)CO)n1. The topological polar surface area (TPSA) is 88.7 Å². The number of hydrogen-bond acceptors (Lipinski definition) is 6. The number of aliphatic hydroxyl groups is 1. The molecule has 1 N–H and O–H groups in total. The molecule has 1 rings (SSSR count). The fraction of sp³-hybridized carbons (Fsp3) is 0.545. The second kappa shape index (κ2) is 5.18. The van der Waals surface area contributed by atoms with Gasteiger partial charge in [0.2, 0.25) is 11.7 Å². The first-order valence-corrected chi connectivity index (χ1v) is 5.37. The van der Waals surface area contributed by atoms with Crippen molar-refractivity contribution in [1.29, 1.82) is 0 Å². The van der Waals surface area contributed by atoms with Gasteiger partial charge < -0.3 is 14.7 Å². The Balaban J connectivity index is 3.31. The van der Waals surface area contributed by atoms with E-state index in [2.05, 4.69) is 4.98 Å². The van der Waals surface area contributed by atoms with E-state index in [4.69, 9.17) is 4.74 Å². The molecule has 1 heterocycles. The number of nitro groups is 1. The molecule has 0 unspecified atom stereocenters. The second-order valence-electron chi connectivity index (χ2n) is 4.48. The molecule has 0 fully saturated rings. The van der Waals surface area contributed by atoms with Crippen molar-refractivity contribution in [2.24, 2.45) is 0 Å². The standard InChI is InChI=1S/C11H17N3O4/c1-11(2,7-15)13(3)10-8(14(16)17)5-6-9(12-10)18-4/h5-6,15H,7H2,1-4H3. The van der Waals surface area contributed by atoms with Gasteiger partial charge in [0.05, 0.1) is 24.2 Å². The molecule has 1 aromatic heterocycles. The lowest BCUT2D eigenvalue weighted by molar-refractivity contribution is -0.384. The van der Waals surface area contributed by atoms with Gasteiger partial charge in [-0.3, -0.25) is 10.1 Å². The molecule has 0 saturated heterocycles. The highest BCUT2D eigenvalue weighted by Crippen LogP contribution is 2.31. The highest BCUT2D eigenvalue weighted by atomic mass is 16.6. The molecule has 0 bridgehead atoms. The zero-order chi connectivity index (χ0) is 13.9. The molecule has 0 spiro atoms. The summed E-state index contributed by atoms with van der Waals surface area (Å²) in [4.78, 5) is 16.1. The summed E-state index contributed by atoms with van der Waals surface area (Å²) < 4.78 is 4.96. The Labute approximate surface area is 105 Å². The molecule has 0 amide bonds. The molecule has 18 heavy (non-hydrogen) atoms. The summed E-state index contributed by atoms with van der Waals surface area (Å²) in [5, 5.41) is 20.3. The molecule has 0 radical (unpaired) electrons. The lowest BCUT2D eigenvalue weighted by atomic mass is 10.1. The summed E-state index contributed by atoms with van der Waals surface area (Å²) in [6.07, 6.45) is 0. The number of ether oxygens (including phenoxy) is 1. The van der Waals surface area contributed by atoms with Crippen molar-refractivity contribution in [3.63, 3.8) is 0 Å². The maximum absolute atomic E-state index is 11.0. The maximum atomic E-state index is 11.0. The van der Waals surface area contributed by atoms with Crippen molar-refractivity contribution < 1.29 is 14.8 Å². The summed E-state index contributed by atoms with van der Waals surface area (Å²) in [7, 11) is 3.08. The number of rotatable bonds is 5. The third-order valence-electron chi connectivity index (χ3n) is 2.85. The predicted molar refractivity (Wildman–Crippen MR) is 67.0 cm³/mol. The van der Waals surface area contributed by atoms with E-state index in [0.717, 1.165) is 0 Å². The molecule has 100 valence electrons. The molecule has 7 heteroatoms. The monoisotopic (exact) mass is 255 g/mol. The van der Waals surface area contributed by atoms with Crippen molar-refractivity contribution in [2.75, 3.05) is 25.7 Å². The van der Waals surface area contributed by atoms with Crippen LogP contribution in [-0.2, 0) is 0 Å². The first-order chi connectivity index (χ1) is 8.33. The minimum atomic E-state index is -0.663. The van der Waals surface area contributed by atoms with Crippen molar-refractivity contribution in [1.82, 2.24) is 4.98 Å². The molecule has 1 aromatic rings. The number of pyridine rings is 1. The summed E-state index contributed by atoms with van der Waals surface area (Å²) in [6, 6.07) is 2.77. The van der Waals surface area contributed by atoms with Gasteiger partial charge in [0, 0.05) is 19.2 Å². The van der Waals surface area contributed by atoms with Crippen LogP contribution < -0.4 is 9.64 Å². The van der Waals surface area contributed by atoms with Gasteiger partial charge in [-0.15, -0.1) is 0 Å². The Bertz CT molecular complexity index is 448. The van der Waals surface area contributed by atoms with Crippen LogP contribution in [0.1, 0.15) is 13.8 Å². The Morgan fingerprint density at radius 1 is 1.56 bits per heavy atom.